The third-order valence-electron chi connectivity index (χ3n) is 3.80. The number of hydrogen-bond donors (Lipinski definition) is 2. The van der Waals surface area contributed by atoms with Gasteiger partial charge in [-0.15, -0.1) is 0 Å². The third kappa shape index (κ3) is 2.39. The maximum absolute atomic E-state index is 11.0. The van der Waals surface area contributed by atoms with Crippen LogP contribution in [0.3, 0.4) is 0 Å². The van der Waals surface area contributed by atoms with Crippen molar-refractivity contribution in [1.82, 2.24) is 9.55 Å². The second-order valence-corrected chi connectivity index (χ2v) is 5.19. The SMILES string of the molecule is O=C(O)C1CCn2c(cnc2Cc2cccc(O)c2)C1. The van der Waals surface area contributed by atoms with E-state index in [0.717, 1.165) is 17.1 Å². The minimum absolute atomic E-state index is 0.249. The molecule has 2 N–H and O–H groups in total. The molecule has 1 unspecified atom stereocenters. The molecule has 0 bridgehead atoms. The normalized spacial score (nSPS) is 17.7. The van der Waals surface area contributed by atoms with Crippen molar-refractivity contribution in [3.63, 3.8) is 0 Å². The first-order valence-corrected chi connectivity index (χ1v) is 6.67. The monoisotopic (exact) mass is 272 g/mol. The molecule has 5 heteroatoms. The van der Waals surface area contributed by atoms with Crippen molar-refractivity contribution in [2.75, 3.05) is 0 Å². The summed E-state index contributed by atoms with van der Waals surface area (Å²) in [5, 5.41) is 18.6. The molecule has 5 nitrogen and oxygen atoms in total. The highest BCUT2D eigenvalue weighted by Gasteiger charge is 2.26. The molecule has 0 saturated carbocycles. The number of aromatic nitrogens is 2. The van der Waals surface area contributed by atoms with E-state index in [1.54, 1.807) is 18.3 Å². The van der Waals surface area contributed by atoms with Gasteiger partial charge < -0.3 is 14.8 Å². The average molecular weight is 272 g/mol. The van der Waals surface area contributed by atoms with Gasteiger partial charge in [-0.05, 0) is 24.1 Å². The lowest BCUT2D eigenvalue weighted by Gasteiger charge is -2.22. The fourth-order valence-electron chi connectivity index (χ4n) is 2.73. The van der Waals surface area contributed by atoms with Gasteiger partial charge in [0, 0.05) is 31.3 Å². The van der Waals surface area contributed by atoms with Crippen LogP contribution in [-0.2, 0) is 24.2 Å². The summed E-state index contributed by atoms with van der Waals surface area (Å²) in [5.41, 5.74) is 1.98. The van der Waals surface area contributed by atoms with Gasteiger partial charge in [-0.25, -0.2) is 4.98 Å². The van der Waals surface area contributed by atoms with Crippen molar-refractivity contribution in [2.45, 2.75) is 25.8 Å². The molecule has 0 fully saturated rings. The zero-order valence-electron chi connectivity index (χ0n) is 11.0. The topological polar surface area (TPSA) is 75.3 Å². The van der Waals surface area contributed by atoms with Crippen molar-refractivity contribution in [2.24, 2.45) is 5.92 Å². The quantitative estimate of drug-likeness (QED) is 0.893. The number of carbonyl (C=O) groups is 1. The van der Waals surface area contributed by atoms with Crippen molar-refractivity contribution < 1.29 is 15.0 Å². The molecule has 104 valence electrons. The van der Waals surface area contributed by atoms with Crippen LogP contribution in [0.1, 0.15) is 23.5 Å². The van der Waals surface area contributed by atoms with Gasteiger partial charge in [0.05, 0.1) is 5.92 Å². The Labute approximate surface area is 116 Å². The Hall–Kier alpha value is -2.30. The standard InChI is InChI=1S/C15H16N2O3/c18-13-3-1-2-10(6-13)7-14-16-9-12-8-11(15(19)20)4-5-17(12)14/h1-3,6,9,11,18H,4-5,7-8H2,(H,19,20). The second kappa shape index (κ2) is 5.00. The lowest BCUT2D eigenvalue weighted by atomic mass is 9.96. The predicted molar refractivity (Wildman–Crippen MR) is 72.6 cm³/mol. The van der Waals surface area contributed by atoms with Gasteiger partial charge in [-0.3, -0.25) is 4.79 Å². The number of aromatic hydroxyl groups is 1. The Morgan fingerprint density at radius 2 is 2.30 bits per heavy atom. The van der Waals surface area contributed by atoms with Crippen LogP contribution < -0.4 is 0 Å². The fourth-order valence-corrected chi connectivity index (χ4v) is 2.73. The summed E-state index contributed by atoms with van der Waals surface area (Å²) < 4.78 is 2.10. The molecular formula is C15H16N2O3. The minimum atomic E-state index is -0.730. The number of fused-ring (bicyclic) bond motifs is 1. The Morgan fingerprint density at radius 1 is 1.45 bits per heavy atom. The Morgan fingerprint density at radius 3 is 3.05 bits per heavy atom. The van der Waals surface area contributed by atoms with E-state index >= 15 is 0 Å². The van der Waals surface area contributed by atoms with Gasteiger partial charge in [-0.2, -0.15) is 0 Å². The lowest BCUT2D eigenvalue weighted by molar-refractivity contribution is -0.142. The molecule has 0 radical (unpaired) electrons. The number of aliphatic carboxylic acids is 1. The highest BCUT2D eigenvalue weighted by molar-refractivity contribution is 5.70. The number of carboxylic acid groups (broad SMARTS) is 1. The van der Waals surface area contributed by atoms with E-state index < -0.39 is 5.97 Å². The first-order valence-electron chi connectivity index (χ1n) is 6.67. The van der Waals surface area contributed by atoms with Gasteiger partial charge >= 0.3 is 5.97 Å². The van der Waals surface area contributed by atoms with Crippen molar-refractivity contribution in [1.29, 1.82) is 0 Å². The molecule has 3 rings (SSSR count). The number of rotatable bonds is 3. The number of carboxylic acids is 1. The molecule has 1 atom stereocenters. The van der Waals surface area contributed by atoms with Crippen LogP contribution >= 0.6 is 0 Å². The maximum Gasteiger partial charge on any atom is 0.306 e. The molecule has 0 amide bonds. The average Bonchev–Trinajstić information content (AvgIpc) is 2.81. The van der Waals surface area contributed by atoms with E-state index in [9.17, 15) is 9.90 Å². The molecule has 1 aromatic carbocycles. The highest BCUT2D eigenvalue weighted by Crippen LogP contribution is 2.23. The van der Waals surface area contributed by atoms with E-state index in [0.29, 0.717) is 25.8 Å². The van der Waals surface area contributed by atoms with E-state index in [2.05, 4.69) is 9.55 Å². The molecular weight excluding hydrogens is 256 g/mol. The van der Waals surface area contributed by atoms with Crippen LogP contribution in [0, 0.1) is 5.92 Å². The molecule has 1 aromatic heterocycles. The van der Waals surface area contributed by atoms with Crippen LogP contribution in [0.25, 0.3) is 0 Å². The molecule has 20 heavy (non-hydrogen) atoms. The number of nitrogens with zero attached hydrogens (tertiary/aromatic N) is 2. The van der Waals surface area contributed by atoms with Gasteiger partial charge in [0.2, 0.25) is 0 Å². The summed E-state index contributed by atoms with van der Waals surface area (Å²) in [6, 6.07) is 7.13. The molecule has 1 aliphatic rings. The highest BCUT2D eigenvalue weighted by atomic mass is 16.4. The first kappa shape index (κ1) is 12.7. The number of hydrogen-bond acceptors (Lipinski definition) is 3. The van der Waals surface area contributed by atoms with Gasteiger partial charge in [0.1, 0.15) is 11.6 Å². The second-order valence-electron chi connectivity index (χ2n) is 5.19. The van der Waals surface area contributed by atoms with Crippen LogP contribution in [0.2, 0.25) is 0 Å². The summed E-state index contributed by atoms with van der Waals surface area (Å²) in [4.78, 5) is 15.4. The summed E-state index contributed by atoms with van der Waals surface area (Å²) in [6.07, 6.45) is 3.60. The lowest BCUT2D eigenvalue weighted by Crippen LogP contribution is -2.26. The Bertz CT molecular complexity index is 648. The molecule has 0 saturated heterocycles. The largest absolute Gasteiger partial charge is 0.508 e. The molecule has 0 spiro atoms. The molecule has 0 aliphatic carbocycles. The number of phenolic OH excluding ortho intramolecular Hbond substituents is 1. The van der Waals surface area contributed by atoms with E-state index in [1.165, 1.54) is 0 Å². The van der Waals surface area contributed by atoms with Crippen molar-refractivity contribution in [3.05, 3.63) is 47.5 Å². The smallest absolute Gasteiger partial charge is 0.306 e. The molecule has 2 heterocycles. The van der Waals surface area contributed by atoms with Crippen LogP contribution in [0.4, 0.5) is 0 Å². The van der Waals surface area contributed by atoms with Crippen LogP contribution in [0.5, 0.6) is 5.75 Å². The summed E-state index contributed by atoms with van der Waals surface area (Å²) >= 11 is 0. The zero-order valence-corrected chi connectivity index (χ0v) is 11.0. The first-order chi connectivity index (χ1) is 9.63. The van der Waals surface area contributed by atoms with Crippen LogP contribution in [0.15, 0.2) is 30.5 Å². The van der Waals surface area contributed by atoms with Gasteiger partial charge in [0.25, 0.3) is 0 Å². The number of benzene rings is 1. The third-order valence-corrected chi connectivity index (χ3v) is 3.80. The summed E-state index contributed by atoms with van der Waals surface area (Å²) in [5.74, 6) is 0.146. The number of phenols is 1. The van der Waals surface area contributed by atoms with E-state index in [-0.39, 0.29) is 11.7 Å². The fraction of sp³-hybridized carbons (Fsp3) is 0.333. The van der Waals surface area contributed by atoms with Crippen molar-refractivity contribution in [3.8, 4) is 5.75 Å². The minimum Gasteiger partial charge on any atom is -0.508 e. The van der Waals surface area contributed by atoms with Gasteiger partial charge in [0.15, 0.2) is 0 Å². The van der Waals surface area contributed by atoms with Crippen LogP contribution in [-0.4, -0.2) is 25.7 Å². The predicted octanol–water partition coefficient (Wildman–Crippen LogP) is 1.83. The van der Waals surface area contributed by atoms with E-state index in [4.69, 9.17) is 5.11 Å². The summed E-state index contributed by atoms with van der Waals surface area (Å²) in [6.45, 7) is 0.695. The zero-order chi connectivity index (χ0) is 14.1. The maximum atomic E-state index is 11.0. The molecule has 1 aliphatic heterocycles. The Balaban J connectivity index is 1.82. The number of imidazole rings is 1. The van der Waals surface area contributed by atoms with Crippen molar-refractivity contribution >= 4 is 5.97 Å². The summed E-state index contributed by atoms with van der Waals surface area (Å²) in [7, 11) is 0. The van der Waals surface area contributed by atoms with E-state index in [1.807, 2.05) is 12.1 Å². The molecule has 2 aromatic rings. The van der Waals surface area contributed by atoms with Gasteiger partial charge in [-0.1, -0.05) is 12.1 Å². The Kier molecular flexibility index (Phi) is 3.18.